The minimum atomic E-state index is 0. The van der Waals surface area contributed by atoms with Gasteiger partial charge in [-0.1, -0.05) is 65.5 Å². The first kappa shape index (κ1) is 21.7. The van der Waals surface area contributed by atoms with Crippen molar-refractivity contribution >= 4 is 9.52 Å². The Morgan fingerprint density at radius 3 is 1.63 bits per heavy atom. The summed E-state index contributed by atoms with van der Waals surface area (Å²) in [7, 11) is 0.750. The van der Waals surface area contributed by atoms with Crippen LogP contribution in [0.5, 0.6) is 0 Å². The van der Waals surface area contributed by atoms with Crippen LogP contribution in [0.4, 0.5) is 0 Å². The van der Waals surface area contributed by atoms with E-state index in [2.05, 4.69) is 46.9 Å². The Morgan fingerprint density at radius 2 is 1.53 bits per heavy atom. The van der Waals surface area contributed by atoms with E-state index in [1.54, 1.807) is 0 Å². The van der Waals surface area contributed by atoms with Gasteiger partial charge in [-0.15, -0.1) is 13.0 Å². The number of allylic oxidation sites excluding steroid dienone is 4. The van der Waals surface area contributed by atoms with Crippen molar-refractivity contribution in [1.29, 1.82) is 0 Å². The first-order valence-corrected chi connectivity index (χ1v) is 9.47. The van der Waals surface area contributed by atoms with Gasteiger partial charge in [0, 0.05) is 9.52 Å². The topological polar surface area (TPSA) is 23.8 Å². The largest absolute Gasteiger partial charge is 2.00 e. The third kappa shape index (κ3) is 9.01. The molecule has 0 aromatic heterocycles. The predicted octanol–water partition coefficient (Wildman–Crippen LogP) is 5.22. The van der Waals surface area contributed by atoms with E-state index in [9.17, 15) is 0 Å². The van der Waals surface area contributed by atoms with Crippen LogP contribution >= 0.6 is 0 Å². The van der Waals surface area contributed by atoms with Gasteiger partial charge in [0.2, 0.25) is 0 Å². The van der Waals surface area contributed by atoms with Crippen LogP contribution in [0.3, 0.4) is 0 Å². The molecule has 1 saturated carbocycles. The molecular weight excluding hydrogens is 282 g/mol. The molecule has 0 saturated heterocycles. The minimum absolute atomic E-state index is 0. The minimum Gasteiger partial charge on any atom is -0.675 e. The van der Waals surface area contributed by atoms with Crippen molar-refractivity contribution in [3.05, 3.63) is 28.5 Å². The third-order valence-electron chi connectivity index (χ3n) is 3.59. The van der Waals surface area contributed by atoms with Crippen LogP contribution in [-0.4, -0.2) is 15.6 Å². The standard InChI is InChI=1S/C9H13.C5H10N.C2H7Si.Ti/c1-6-5-7(2)9(4)8(6)3;6-5-3-1-2-4-5;1-3-2;/h6H,1-4H3;5-6H,1-4H2;3H,1-2H3;/q2*-1;;+2. The average Bonchev–Trinajstić information content (AvgIpc) is 2.86. The summed E-state index contributed by atoms with van der Waals surface area (Å²) >= 11 is 0. The Bertz CT molecular complexity index is 291. The molecule has 1 atom stereocenters. The van der Waals surface area contributed by atoms with Crippen LogP contribution in [0.15, 0.2) is 16.7 Å². The summed E-state index contributed by atoms with van der Waals surface area (Å²) in [5, 5.41) is 0. The van der Waals surface area contributed by atoms with E-state index in [0.717, 1.165) is 22.4 Å². The van der Waals surface area contributed by atoms with E-state index in [0.29, 0.717) is 12.0 Å². The maximum absolute atomic E-state index is 7.13. The molecule has 0 heterocycles. The second-order valence-electron chi connectivity index (χ2n) is 5.36. The van der Waals surface area contributed by atoms with Crippen molar-refractivity contribution in [3.63, 3.8) is 0 Å². The molecule has 1 radical (unpaired) electrons. The number of rotatable bonds is 0. The van der Waals surface area contributed by atoms with Gasteiger partial charge in [-0.05, 0) is 0 Å². The molecule has 1 unspecified atom stereocenters. The number of nitrogens with one attached hydrogen (secondary N) is 1. The fourth-order valence-electron chi connectivity index (χ4n) is 2.09. The number of hydrogen-bond donors (Lipinski definition) is 0. The first-order chi connectivity index (χ1) is 8.43. The Labute approximate surface area is 138 Å². The molecule has 0 spiro atoms. The molecule has 0 amide bonds. The van der Waals surface area contributed by atoms with Gasteiger partial charge in [-0.3, -0.25) is 6.08 Å². The first-order valence-electron chi connectivity index (χ1n) is 7.16. The molecule has 0 aliphatic heterocycles. The van der Waals surface area contributed by atoms with Crippen molar-refractivity contribution < 1.29 is 21.7 Å². The van der Waals surface area contributed by atoms with Crippen molar-refractivity contribution in [3.8, 4) is 0 Å². The van der Waals surface area contributed by atoms with Crippen LogP contribution in [0.2, 0.25) is 13.1 Å². The van der Waals surface area contributed by atoms with E-state index < -0.39 is 0 Å². The fourth-order valence-corrected chi connectivity index (χ4v) is 2.09. The average molecular weight is 312 g/mol. The van der Waals surface area contributed by atoms with Gasteiger partial charge in [0.05, 0.1) is 0 Å². The van der Waals surface area contributed by atoms with Gasteiger partial charge < -0.3 is 5.73 Å². The summed E-state index contributed by atoms with van der Waals surface area (Å²) in [6, 6.07) is 0.296. The zero-order valence-electron chi connectivity index (χ0n) is 13.6. The van der Waals surface area contributed by atoms with Crippen molar-refractivity contribution in [2.24, 2.45) is 5.92 Å². The SMILES string of the molecule is CC1=[C-]C(C)C(C)=C1C.C[SiH]C.[NH-]C1CCCC1.[Ti+2]. The smallest absolute Gasteiger partial charge is 0.675 e. The molecule has 0 aromatic carbocycles. The zero-order valence-corrected chi connectivity index (χ0v) is 16.3. The van der Waals surface area contributed by atoms with E-state index in [4.69, 9.17) is 5.73 Å². The molecule has 1 nitrogen and oxygen atoms in total. The molecule has 3 heteroatoms. The van der Waals surface area contributed by atoms with Crippen LogP contribution in [-0.2, 0) is 21.7 Å². The Morgan fingerprint density at radius 1 is 1.11 bits per heavy atom. The second kappa shape index (κ2) is 12.1. The summed E-state index contributed by atoms with van der Waals surface area (Å²) in [5.74, 6) is 0.560. The molecule has 2 rings (SSSR count). The molecule has 0 bridgehead atoms. The van der Waals surface area contributed by atoms with Gasteiger partial charge in [0.25, 0.3) is 0 Å². The predicted molar refractivity (Wildman–Crippen MR) is 85.4 cm³/mol. The second-order valence-corrected chi connectivity index (χ2v) is 6.51. The Balaban J connectivity index is 0. The fraction of sp³-hybridized carbons (Fsp3) is 0.750. The van der Waals surface area contributed by atoms with Crippen molar-refractivity contribution in [2.45, 2.75) is 72.5 Å². The molecule has 2 aliphatic carbocycles. The molecule has 19 heavy (non-hydrogen) atoms. The van der Waals surface area contributed by atoms with Crippen LogP contribution in [0.1, 0.15) is 53.4 Å². The zero-order chi connectivity index (χ0) is 14.1. The quantitative estimate of drug-likeness (QED) is 0.432. The van der Waals surface area contributed by atoms with E-state index in [1.165, 1.54) is 29.6 Å². The molecule has 1 fully saturated rings. The van der Waals surface area contributed by atoms with E-state index >= 15 is 0 Å². The summed E-state index contributed by atoms with van der Waals surface area (Å²) in [4.78, 5) is 0. The van der Waals surface area contributed by atoms with Gasteiger partial charge in [0.1, 0.15) is 0 Å². The maximum Gasteiger partial charge on any atom is 2.00 e. The van der Waals surface area contributed by atoms with Crippen molar-refractivity contribution in [2.75, 3.05) is 0 Å². The van der Waals surface area contributed by atoms with Crippen LogP contribution in [0, 0.1) is 12.0 Å². The van der Waals surface area contributed by atoms with Crippen LogP contribution < -0.4 is 0 Å². The monoisotopic (exact) mass is 312 g/mol. The van der Waals surface area contributed by atoms with E-state index in [1.807, 2.05) is 0 Å². The Hall–Kier alpha value is 0.371. The van der Waals surface area contributed by atoms with E-state index in [-0.39, 0.29) is 21.7 Å². The van der Waals surface area contributed by atoms with Gasteiger partial charge in [-0.2, -0.15) is 11.1 Å². The molecule has 2 aliphatic rings. The Kier molecular flexibility index (Phi) is 13.8. The van der Waals surface area contributed by atoms with Crippen LogP contribution in [0.25, 0.3) is 5.73 Å². The summed E-state index contributed by atoms with van der Waals surface area (Å²) in [6.07, 6.45) is 8.26. The maximum atomic E-state index is 7.13. The normalized spacial score (nSPS) is 21.8. The summed E-state index contributed by atoms with van der Waals surface area (Å²) < 4.78 is 0. The number of hydrogen-bond acceptors (Lipinski definition) is 0. The summed E-state index contributed by atoms with van der Waals surface area (Å²) in [6.45, 7) is 13.1. The van der Waals surface area contributed by atoms with Gasteiger partial charge in [-0.25, -0.2) is 5.57 Å². The van der Waals surface area contributed by atoms with Gasteiger partial charge in [0.15, 0.2) is 0 Å². The summed E-state index contributed by atoms with van der Waals surface area (Å²) in [5.41, 5.74) is 11.4. The molecule has 107 valence electrons. The third-order valence-corrected chi connectivity index (χ3v) is 3.59. The van der Waals surface area contributed by atoms with Crippen molar-refractivity contribution in [1.82, 2.24) is 0 Å². The molecule has 1 N–H and O–H groups in total. The molecular formula is C16H30NSiTi. The molecule has 0 aromatic rings. The van der Waals surface area contributed by atoms with Gasteiger partial charge >= 0.3 is 21.7 Å².